The summed E-state index contributed by atoms with van der Waals surface area (Å²) in [5.74, 6) is 2.12. The highest BCUT2D eigenvalue weighted by Crippen LogP contribution is 2.45. The Morgan fingerprint density at radius 2 is 1.67 bits per heavy atom. The molecule has 2 fully saturated rings. The van der Waals surface area contributed by atoms with Crippen molar-refractivity contribution in [3.05, 3.63) is 101 Å². The van der Waals surface area contributed by atoms with Gasteiger partial charge in [0.15, 0.2) is 5.11 Å². The lowest BCUT2D eigenvalue weighted by Gasteiger charge is -2.37. The van der Waals surface area contributed by atoms with Crippen molar-refractivity contribution in [2.45, 2.75) is 46.2 Å². The molecule has 0 amide bonds. The molecule has 2 aromatic heterocycles. The molecule has 2 aliphatic heterocycles. The first-order valence-electron chi connectivity index (χ1n) is 14.6. The van der Waals surface area contributed by atoms with Crippen molar-refractivity contribution in [1.29, 1.82) is 0 Å². The molecule has 0 bridgehead atoms. The predicted molar refractivity (Wildman–Crippen MR) is 176 cm³/mol. The average molecular weight is 600 g/mol. The summed E-state index contributed by atoms with van der Waals surface area (Å²) >= 11 is 13.1. The number of nitrogens with one attached hydrogen (secondary N) is 1. The SMILES string of the molecule is COc1ccc(-n2c(C)cc(C3C(c4ccccn4)NC(=S)N3c3ccc(N4CC(C)CC(C)C4)c(Cl)c3)c2C)cc1. The van der Waals surface area contributed by atoms with Gasteiger partial charge in [-0.2, -0.15) is 0 Å². The Balaban J connectivity index is 1.43. The number of ether oxygens (including phenoxy) is 1. The topological polar surface area (TPSA) is 45.6 Å². The second-order valence-corrected chi connectivity index (χ2v) is 12.6. The minimum atomic E-state index is -0.134. The number of halogens is 1. The van der Waals surface area contributed by atoms with E-state index in [1.165, 1.54) is 12.0 Å². The number of piperidine rings is 1. The molecule has 4 atom stereocenters. The minimum Gasteiger partial charge on any atom is -0.497 e. The summed E-state index contributed by atoms with van der Waals surface area (Å²) in [6, 6.07) is 22.6. The van der Waals surface area contributed by atoms with Gasteiger partial charge in [-0.3, -0.25) is 4.98 Å². The number of rotatable bonds is 6. The van der Waals surface area contributed by atoms with Gasteiger partial charge in [0.2, 0.25) is 0 Å². The van der Waals surface area contributed by atoms with Gasteiger partial charge >= 0.3 is 0 Å². The second kappa shape index (κ2) is 11.6. The summed E-state index contributed by atoms with van der Waals surface area (Å²) < 4.78 is 7.69. The molecule has 2 aromatic carbocycles. The van der Waals surface area contributed by atoms with Gasteiger partial charge in [-0.05, 0) is 111 Å². The normalized spacial score (nSPS) is 22.4. The molecule has 218 valence electrons. The van der Waals surface area contributed by atoms with Gasteiger partial charge in [0.05, 0.1) is 35.6 Å². The Labute approximate surface area is 259 Å². The Morgan fingerprint density at radius 1 is 0.952 bits per heavy atom. The number of nitrogens with zero attached hydrogens (tertiary/aromatic N) is 4. The van der Waals surface area contributed by atoms with Crippen molar-refractivity contribution >= 4 is 40.3 Å². The number of hydrogen-bond donors (Lipinski definition) is 1. The van der Waals surface area contributed by atoms with E-state index < -0.39 is 0 Å². The van der Waals surface area contributed by atoms with Crippen LogP contribution >= 0.6 is 23.8 Å². The molecule has 2 aliphatic rings. The van der Waals surface area contributed by atoms with Crippen LogP contribution in [0.4, 0.5) is 11.4 Å². The Bertz CT molecular complexity index is 1580. The summed E-state index contributed by atoms with van der Waals surface area (Å²) in [6.45, 7) is 11.0. The summed E-state index contributed by atoms with van der Waals surface area (Å²) in [5.41, 5.74) is 7.57. The van der Waals surface area contributed by atoms with Crippen LogP contribution in [-0.4, -0.2) is 34.9 Å². The van der Waals surface area contributed by atoms with Crippen LogP contribution in [0, 0.1) is 25.7 Å². The number of pyridine rings is 1. The number of thiocarbonyl (C=S) groups is 1. The number of anilines is 2. The number of aryl methyl sites for hydroxylation is 1. The van der Waals surface area contributed by atoms with Crippen LogP contribution in [0.3, 0.4) is 0 Å². The fraction of sp³-hybridized carbons (Fsp3) is 0.353. The first-order valence-corrected chi connectivity index (χ1v) is 15.4. The average Bonchev–Trinajstić information content (AvgIpc) is 3.47. The van der Waals surface area contributed by atoms with E-state index in [1.54, 1.807) is 7.11 Å². The number of benzene rings is 2. The highest BCUT2D eigenvalue weighted by Gasteiger charge is 2.42. The van der Waals surface area contributed by atoms with Crippen LogP contribution in [0.15, 0.2) is 72.9 Å². The van der Waals surface area contributed by atoms with E-state index in [0.29, 0.717) is 16.9 Å². The third-order valence-electron chi connectivity index (χ3n) is 8.64. The minimum absolute atomic E-state index is 0.123. The Hall–Kier alpha value is -3.55. The summed E-state index contributed by atoms with van der Waals surface area (Å²) in [4.78, 5) is 9.39. The molecular weight excluding hydrogens is 562 g/mol. The molecule has 2 saturated heterocycles. The Kier molecular flexibility index (Phi) is 7.90. The largest absolute Gasteiger partial charge is 0.497 e. The van der Waals surface area contributed by atoms with E-state index in [1.807, 2.05) is 30.5 Å². The van der Waals surface area contributed by atoms with E-state index in [0.717, 1.165) is 58.0 Å². The number of methoxy groups -OCH3 is 1. The maximum absolute atomic E-state index is 7.04. The van der Waals surface area contributed by atoms with Crippen molar-refractivity contribution in [1.82, 2.24) is 14.9 Å². The molecule has 6 nitrogen and oxygen atoms in total. The van der Waals surface area contributed by atoms with Crippen molar-refractivity contribution in [3.8, 4) is 11.4 Å². The van der Waals surface area contributed by atoms with Crippen molar-refractivity contribution in [3.63, 3.8) is 0 Å². The lowest BCUT2D eigenvalue weighted by Crippen LogP contribution is -2.38. The quantitative estimate of drug-likeness (QED) is 0.228. The first-order chi connectivity index (χ1) is 20.2. The third-order valence-corrected chi connectivity index (χ3v) is 9.25. The maximum atomic E-state index is 7.04. The van der Waals surface area contributed by atoms with Crippen molar-refractivity contribution in [2.24, 2.45) is 11.8 Å². The highest BCUT2D eigenvalue weighted by molar-refractivity contribution is 7.80. The van der Waals surface area contributed by atoms with Crippen molar-refractivity contribution < 1.29 is 4.74 Å². The summed E-state index contributed by atoms with van der Waals surface area (Å²) in [5, 5.41) is 5.01. The highest BCUT2D eigenvalue weighted by atomic mass is 35.5. The van der Waals surface area contributed by atoms with Gasteiger partial charge in [-0.1, -0.05) is 31.5 Å². The number of aromatic nitrogens is 2. The number of hydrogen-bond acceptors (Lipinski definition) is 4. The van der Waals surface area contributed by atoms with Crippen LogP contribution in [0.5, 0.6) is 5.75 Å². The molecule has 42 heavy (non-hydrogen) atoms. The summed E-state index contributed by atoms with van der Waals surface area (Å²) in [6.07, 6.45) is 3.10. The van der Waals surface area contributed by atoms with Gasteiger partial charge in [0.1, 0.15) is 5.75 Å². The van der Waals surface area contributed by atoms with Crippen molar-refractivity contribution in [2.75, 3.05) is 30.0 Å². The maximum Gasteiger partial charge on any atom is 0.174 e. The zero-order valence-electron chi connectivity index (χ0n) is 24.8. The molecule has 4 heterocycles. The molecule has 4 aromatic rings. The van der Waals surface area contributed by atoms with Gasteiger partial charge < -0.3 is 24.4 Å². The molecule has 0 radical (unpaired) electrons. The van der Waals surface area contributed by atoms with Gasteiger partial charge in [-0.15, -0.1) is 0 Å². The smallest absolute Gasteiger partial charge is 0.174 e. The molecule has 0 spiro atoms. The van der Waals surface area contributed by atoms with E-state index in [4.69, 9.17) is 33.5 Å². The molecule has 0 saturated carbocycles. The van der Waals surface area contributed by atoms with E-state index in [2.05, 4.69) is 89.8 Å². The molecule has 0 aliphatic carbocycles. The zero-order valence-corrected chi connectivity index (χ0v) is 26.4. The van der Waals surface area contributed by atoms with Crippen LogP contribution in [0.25, 0.3) is 5.69 Å². The fourth-order valence-electron chi connectivity index (χ4n) is 6.93. The summed E-state index contributed by atoms with van der Waals surface area (Å²) in [7, 11) is 1.69. The van der Waals surface area contributed by atoms with Gasteiger partial charge in [0.25, 0.3) is 0 Å². The zero-order chi connectivity index (χ0) is 29.5. The van der Waals surface area contributed by atoms with Crippen LogP contribution in [0.2, 0.25) is 5.02 Å². The molecule has 1 N–H and O–H groups in total. The molecule has 8 heteroatoms. The van der Waals surface area contributed by atoms with Gasteiger partial charge in [0, 0.05) is 42.0 Å². The molecule has 4 unspecified atom stereocenters. The monoisotopic (exact) mass is 599 g/mol. The fourth-order valence-corrected chi connectivity index (χ4v) is 7.57. The Morgan fingerprint density at radius 3 is 2.31 bits per heavy atom. The standard InChI is InChI=1S/C34H38ClN5OS/c1-21-16-22(2)20-38(19-21)31-14-11-26(18-29(31)35)40-33(32(37-34(40)42)30-8-6-7-15-36-30)28-17-23(3)39(24(28)4)25-9-12-27(41-5)13-10-25/h6-15,17-18,21-22,32-33H,16,19-20H2,1-5H3,(H,37,42). The third kappa shape index (κ3) is 5.25. The van der Waals surface area contributed by atoms with Crippen LogP contribution in [0.1, 0.15) is 55.0 Å². The lowest BCUT2D eigenvalue weighted by molar-refractivity contribution is 0.357. The van der Waals surface area contributed by atoms with Crippen LogP contribution < -0.4 is 19.9 Å². The molecular formula is C34H38ClN5OS. The second-order valence-electron chi connectivity index (χ2n) is 11.8. The lowest BCUT2D eigenvalue weighted by atomic mass is 9.91. The first kappa shape index (κ1) is 28.6. The van der Waals surface area contributed by atoms with E-state index in [9.17, 15) is 0 Å². The molecule has 6 rings (SSSR count). The van der Waals surface area contributed by atoms with E-state index in [-0.39, 0.29) is 12.1 Å². The predicted octanol–water partition coefficient (Wildman–Crippen LogP) is 7.81. The van der Waals surface area contributed by atoms with Gasteiger partial charge in [-0.25, -0.2) is 0 Å². The van der Waals surface area contributed by atoms with E-state index >= 15 is 0 Å². The van der Waals surface area contributed by atoms with Crippen LogP contribution in [-0.2, 0) is 0 Å².